The fourth-order valence-corrected chi connectivity index (χ4v) is 4.99. The lowest BCUT2D eigenvalue weighted by atomic mass is 9.49. The van der Waals surface area contributed by atoms with E-state index in [1.165, 1.54) is 19.3 Å². The maximum absolute atomic E-state index is 12.5. The number of hydrogen-bond donors (Lipinski definition) is 0. The average molecular weight is 302 g/mol. The number of alkyl halides is 2. The first-order valence-electron chi connectivity index (χ1n) is 8.05. The second-order valence-electron chi connectivity index (χ2n) is 7.34. The molecular weight excluding hydrogens is 278 g/mol. The number of esters is 1. The molecule has 0 N–H and O–H groups in total. The lowest BCUT2D eigenvalue weighted by molar-refractivity contribution is -0.225. The van der Waals surface area contributed by atoms with Crippen molar-refractivity contribution >= 4 is 5.97 Å². The molecule has 120 valence electrons. The van der Waals surface area contributed by atoms with Gasteiger partial charge in [0.25, 0.3) is 0 Å². The summed E-state index contributed by atoms with van der Waals surface area (Å²) in [7, 11) is 0. The highest BCUT2D eigenvalue weighted by molar-refractivity contribution is 5.77. The molecule has 0 unspecified atom stereocenters. The van der Waals surface area contributed by atoms with Gasteiger partial charge in [0.1, 0.15) is 0 Å². The largest absolute Gasteiger partial charge is 0.465 e. The van der Waals surface area contributed by atoms with E-state index in [-0.39, 0.29) is 24.6 Å². The van der Waals surface area contributed by atoms with Gasteiger partial charge >= 0.3 is 12.1 Å². The van der Waals surface area contributed by atoms with Crippen molar-refractivity contribution in [2.75, 3.05) is 13.2 Å². The predicted molar refractivity (Wildman–Crippen MR) is 72.8 cm³/mol. The number of carbonyl (C=O) groups excluding carboxylic acids is 1. The van der Waals surface area contributed by atoms with Gasteiger partial charge in [-0.1, -0.05) is 0 Å². The minimum absolute atomic E-state index is 0.0857. The molecule has 4 fully saturated rings. The summed E-state index contributed by atoms with van der Waals surface area (Å²) in [4.78, 5) is 12.4. The highest BCUT2D eigenvalue weighted by Gasteiger charge is 2.55. The van der Waals surface area contributed by atoms with Gasteiger partial charge in [0.2, 0.25) is 0 Å². The zero-order valence-corrected chi connectivity index (χ0v) is 12.6. The Bertz CT molecular complexity index is 368. The highest BCUT2D eigenvalue weighted by Crippen LogP contribution is 2.60. The van der Waals surface area contributed by atoms with E-state index in [0.717, 1.165) is 19.3 Å². The second-order valence-corrected chi connectivity index (χ2v) is 7.34. The Hall–Kier alpha value is -0.710. The van der Waals surface area contributed by atoms with Gasteiger partial charge in [-0.2, -0.15) is 8.78 Å². The van der Waals surface area contributed by atoms with Crippen LogP contribution in [0, 0.1) is 23.2 Å². The third kappa shape index (κ3) is 3.38. The van der Waals surface area contributed by atoms with Crippen LogP contribution in [0.15, 0.2) is 0 Å². The van der Waals surface area contributed by atoms with Gasteiger partial charge in [0.05, 0.1) is 18.6 Å². The lowest BCUT2D eigenvalue weighted by Gasteiger charge is -2.55. The van der Waals surface area contributed by atoms with Crippen LogP contribution in [0.1, 0.15) is 51.9 Å². The molecular formula is C16H24F2O3. The summed E-state index contributed by atoms with van der Waals surface area (Å²) in [5.74, 6) is 2.01. The van der Waals surface area contributed by atoms with E-state index in [1.54, 1.807) is 0 Å². The molecule has 3 nitrogen and oxygen atoms in total. The van der Waals surface area contributed by atoms with Crippen molar-refractivity contribution in [2.24, 2.45) is 23.2 Å². The topological polar surface area (TPSA) is 35.5 Å². The van der Waals surface area contributed by atoms with Gasteiger partial charge in [0, 0.05) is 13.3 Å². The first kappa shape index (κ1) is 15.2. The third-order valence-corrected chi connectivity index (χ3v) is 5.35. The Labute approximate surface area is 124 Å². The zero-order valence-electron chi connectivity index (χ0n) is 12.6. The summed E-state index contributed by atoms with van der Waals surface area (Å²) in [5, 5.41) is 0. The normalized spacial score (nSPS) is 37.8. The van der Waals surface area contributed by atoms with Crippen LogP contribution in [0.25, 0.3) is 0 Å². The minimum atomic E-state index is -3.11. The van der Waals surface area contributed by atoms with Gasteiger partial charge in [0.15, 0.2) is 0 Å². The first-order valence-corrected chi connectivity index (χ1v) is 8.05. The summed E-state index contributed by atoms with van der Waals surface area (Å²) >= 11 is 0. The zero-order chi connectivity index (χ0) is 15.1. The molecule has 4 rings (SSSR count). The van der Waals surface area contributed by atoms with Gasteiger partial charge in [-0.05, 0) is 56.3 Å². The molecule has 0 aromatic carbocycles. The van der Waals surface area contributed by atoms with Crippen molar-refractivity contribution in [2.45, 2.75) is 58.0 Å². The van der Waals surface area contributed by atoms with Crippen LogP contribution in [0.5, 0.6) is 0 Å². The summed E-state index contributed by atoms with van der Waals surface area (Å²) in [6, 6.07) is 0. The van der Waals surface area contributed by atoms with Gasteiger partial charge in [-0.25, -0.2) is 0 Å². The molecule has 4 aliphatic rings. The van der Waals surface area contributed by atoms with E-state index in [2.05, 4.69) is 4.74 Å². The summed E-state index contributed by atoms with van der Waals surface area (Å²) in [6.07, 6.45) is 3.99. The van der Waals surface area contributed by atoms with E-state index >= 15 is 0 Å². The van der Waals surface area contributed by atoms with Crippen molar-refractivity contribution < 1.29 is 23.0 Å². The molecule has 0 amide bonds. The fraction of sp³-hybridized carbons (Fsp3) is 0.938. The summed E-state index contributed by atoms with van der Waals surface area (Å²) in [6.45, 7) is 0.808. The molecule has 0 aliphatic heterocycles. The first-order chi connectivity index (χ1) is 9.86. The van der Waals surface area contributed by atoms with E-state index in [0.29, 0.717) is 31.1 Å². The van der Waals surface area contributed by atoms with Crippen LogP contribution in [-0.4, -0.2) is 25.3 Å². The van der Waals surface area contributed by atoms with Gasteiger partial charge in [-0.3, -0.25) is 4.79 Å². The third-order valence-electron chi connectivity index (χ3n) is 5.35. The van der Waals surface area contributed by atoms with Crippen LogP contribution in [0.4, 0.5) is 8.78 Å². The maximum Gasteiger partial charge on any atom is 0.352 e. The molecule has 0 atom stereocenters. The van der Waals surface area contributed by atoms with Gasteiger partial charge < -0.3 is 9.47 Å². The number of rotatable bonds is 6. The standard InChI is InChI=1S/C16H24F2O3/c1-15(17,18)21-4-2-3-20-14(19)16-8-11-5-12(9-16)7-13(6-11)10-16/h11-13H,2-10H2,1H3. The van der Waals surface area contributed by atoms with E-state index < -0.39 is 6.11 Å². The Balaban J connectivity index is 1.45. The molecule has 0 saturated heterocycles. The number of ether oxygens (including phenoxy) is 2. The summed E-state index contributed by atoms with van der Waals surface area (Å²) < 4.78 is 34.7. The molecule has 0 spiro atoms. The molecule has 0 heterocycles. The molecule has 0 radical (unpaired) electrons. The fourth-order valence-electron chi connectivity index (χ4n) is 4.99. The molecule has 4 bridgehead atoms. The maximum atomic E-state index is 12.5. The van der Waals surface area contributed by atoms with Crippen LogP contribution in [0.2, 0.25) is 0 Å². The second kappa shape index (κ2) is 5.49. The minimum Gasteiger partial charge on any atom is -0.465 e. The number of hydrogen-bond acceptors (Lipinski definition) is 3. The van der Waals surface area contributed by atoms with Crippen molar-refractivity contribution in [3.63, 3.8) is 0 Å². The molecule has 21 heavy (non-hydrogen) atoms. The predicted octanol–water partition coefficient (Wildman–Crippen LogP) is 3.77. The SMILES string of the molecule is CC(F)(F)OCCCOC(=O)C12CC3CC(CC(C3)C1)C2. The van der Waals surface area contributed by atoms with Crippen LogP contribution < -0.4 is 0 Å². The van der Waals surface area contributed by atoms with E-state index in [9.17, 15) is 13.6 Å². The van der Waals surface area contributed by atoms with Gasteiger partial charge in [-0.15, -0.1) is 0 Å². The Morgan fingerprint density at radius 3 is 2.10 bits per heavy atom. The number of halogens is 2. The van der Waals surface area contributed by atoms with Crippen molar-refractivity contribution in [3.05, 3.63) is 0 Å². The van der Waals surface area contributed by atoms with Crippen molar-refractivity contribution in [1.82, 2.24) is 0 Å². The average Bonchev–Trinajstić information content (AvgIpc) is 2.35. The smallest absolute Gasteiger partial charge is 0.352 e. The molecule has 5 heteroatoms. The monoisotopic (exact) mass is 302 g/mol. The van der Waals surface area contributed by atoms with E-state index in [4.69, 9.17) is 4.74 Å². The van der Waals surface area contributed by atoms with Crippen LogP contribution in [-0.2, 0) is 14.3 Å². The number of carbonyl (C=O) groups is 1. The quantitative estimate of drug-likeness (QED) is 0.553. The Morgan fingerprint density at radius 1 is 1.10 bits per heavy atom. The highest BCUT2D eigenvalue weighted by atomic mass is 19.3. The van der Waals surface area contributed by atoms with Crippen LogP contribution >= 0.6 is 0 Å². The lowest BCUT2D eigenvalue weighted by Crippen LogP contribution is -2.50. The van der Waals surface area contributed by atoms with Crippen molar-refractivity contribution in [1.29, 1.82) is 0 Å². The van der Waals surface area contributed by atoms with E-state index in [1.807, 2.05) is 0 Å². The Morgan fingerprint density at radius 2 is 1.62 bits per heavy atom. The van der Waals surface area contributed by atoms with Crippen LogP contribution in [0.3, 0.4) is 0 Å². The molecule has 4 aliphatic carbocycles. The molecule has 0 aromatic heterocycles. The summed E-state index contributed by atoms with van der Waals surface area (Å²) in [5.41, 5.74) is -0.260. The molecule has 4 saturated carbocycles. The molecule has 0 aromatic rings. The van der Waals surface area contributed by atoms with Crippen molar-refractivity contribution in [3.8, 4) is 0 Å². The Kier molecular flexibility index (Phi) is 3.97.